The van der Waals surface area contributed by atoms with Crippen LogP contribution in [0.15, 0.2) is 12.4 Å². The quantitative estimate of drug-likeness (QED) is 0.671. The van der Waals surface area contributed by atoms with Crippen molar-refractivity contribution in [3.63, 3.8) is 0 Å². The third kappa shape index (κ3) is 4.25. The van der Waals surface area contributed by atoms with Gasteiger partial charge in [-0.2, -0.15) is 12.4 Å². The van der Waals surface area contributed by atoms with Crippen molar-refractivity contribution < 1.29 is 26.7 Å². The average Bonchev–Trinajstić information content (AvgIpc) is 2.56. The summed E-state index contributed by atoms with van der Waals surface area (Å²) in [4.78, 5) is 20.5. The summed E-state index contributed by atoms with van der Waals surface area (Å²) in [5.74, 6) is 0. The van der Waals surface area contributed by atoms with Gasteiger partial charge in [-0.3, -0.25) is 0 Å². The lowest BCUT2D eigenvalue weighted by Crippen LogP contribution is -2.39. The van der Waals surface area contributed by atoms with Crippen LogP contribution < -0.4 is 0 Å². The highest BCUT2D eigenvalue weighted by atomic mass is 32.2. The fourth-order valence-electron chi connectivity index (χ4n) is 1.65. The number of rotatable bonds is 6. The SMILES string of the molecule is CCCC(N1C=CN(C)C1)S(=O)(=O)OP(=O)(O)O. The molecule has 1 atom stereocenters. The van der Waals surface area contributed by atoms with E-state index < -0.39 is 23.3 Å². The fraction of sp³-hybridized carbons (Fsp3) is 0.750. The fourth-order valence-corrected chi connectivity index (χ4v) is 4.12. The third-order valence-corrected chi connectivity index (χ3v) is 5.12. The van der Waals surface area contributed by atoms with E-state index in [0.29, 0.717) is 13.1 Å². The van der Waals surface area contributed by atoms with E-state index >= 15 is 0 Å². The summed E-state index contributed by atoms with van der Waals surface area (Å²) in [5.41, 5.74) is 0. The molecule has 0 bridgehead atoms. The lowest BCUT2D eigenvalue weighted by molar-refractivity contribution is 0.242. The van der Waals surface area contributed by atoms with Crippen molar-refractivity contribution in [3.05, 3.63) is 12.4 Å². The monoisotopic (exact) mass is 300 g/mol. The van der Waals surface area contributed by atoms with Crippen LogP contribution in [-0.2, 0) is 18.7 Å². The number of hydrogen-bond donors (Lipinski definition) is 2. The van der Waals surface area contributed by atoms with E-state index in [2.05, 4.69) is 3.97 Å². The van der Waals surface area contributed by atoms with E-state index in [1.54, 1.807) is 31.3 Å². The molecule has 2 N–H and O–H groups in total. The highest BCUT2D eigenvalue weighted by molar-refractivity contribution is 7.91. The minimum absolute atomic E-state index is 0.223. The normalized spacial score (nSPS) is 18.4. The van der Waals surface area contributed by atoms with Crippen molar-refractivity contribution in [2.24, 2.45) is 0 Å². The molecule has 0 aromatic rings. The Kier molecular flexibility index (Phi) is 4.79. The van der Waals surface area contributed by atoms with Crippen LogP contribution in [0.5, 0.6) is 0 Å². The first kappa shape index (κ1) is 15.5. The first-order valence-electron chi connectivity index (χ1n) is 5.30. The minimum atomic E-state index is -5.07. The van der Waals surface area contributed by atoms with Crippen LogP contribution in [0, 0.1) is 0 Å². The van der Waals surface area contributed by atoms with Crippen molar-refractivity contribution in [3.8, 4) is 0 Å². The Hall–Kier alpha value is -0.600. The zero-order chi connectivity index (χ0) is 14.0. The van der Waals surface area contributed by atoms with Crippen LogP contribution in [0.1, 0.15) is 19.8 Å². The summed E-state index contributed by atoms with van der Waals surface area (Å²) in [6.07, 6.45) is 4.00. The molecule has 0 spiro atoms. The molecule has 0 amide bonds. The van der Waals surface area contributed by atoms with Gasteiger partial charge in [0, 0.05) is 19.4 Å². The summed E-state index contributed by atoms with van der Waals surface area (Å²) in [7, 11) is -7.68. The second kappa shape index (κ2) is 5.58. The zero-order valence-corrected chi connectivity index (χ0v) is 11.8. The molecule has 0 radical (unpaired) electrons. The van der Waals surface area contributed by atoms with Gasteiger partial charge in [0.2, 0.25) is 0 Å². The van der Waals surface area contributed by atoms with Gasteiger partial charge in [0.1, 0.15) is 0 Å². The summed E-state index contributed by atoms with van der Waals surface area (Å²) in [6.45, 7) is 2.11. The molecule has 10 heteroatoms. The maximum absolute atomic E-state index is 11.8. The van der Waals surface area contributed by atoms with Crippen molar-refractivity contribution in [1.82, 2.24) is 9.80 Å². The molecule has 0 aromatic heterocycles. The van der Waals surface area contributed by atoms with Crippen molar-refractivity contribution in [2.75, 3.05) is 13.7 Å². The third-order valence-electron chi connectivity index (χ3n) is 2.34. The molecule has 1 rings (SSSR count). The Morgan fingerprint density at radius 2 is 2.06 bits per heavy atom. The van der Waals surface area contributed by atoms with E-state index in [-0.39, 0.29) is 6.42 Å². The van der Waals surface area contributed by atoms with Crippen LogP contribution in [0.25, 0.3) is 0 Å². The van der Waals surface area contributed by atoms with Gasteiger partial charge in [-0.1, -0.05) is 13.3 Å². The topological polar surface area (TPSA) is 107 Å². The lowest BCUT2D eigenvalue weighted by Gasteiger charge is -2.27. The minimum Gasteiger partial charge on any atom is -0.362 e. The Balaban J connectivity index is 2.91. The van der Waals surface area contributed by atoms with Crippen LogP contribution in [0.4, 0.5) is 0 Å². The van der Waals surface area contributed by atoms with E-state index in [1.807, 2.05) is 0 Å². The van der Waals surface area contributed by atoms with Crippen LogP contribution in [-0.4, -0.2) is 47.1 Å². The molecule has 0 saturated heterocycles. The van der Waals surface area contributed by atoms with Gasteiger partial charge >= 0.3 is 7.82 Å². The molecular weight excluding hydrogens is 283 g/mol. The van der Waals surface area contributed by atoms with Gasteiger partial charge in [-0.15, -0.1) is 0 Å². The Bertz CT molecular complexity index is 458. The molecule has 1 aliphatic heterocycles. The van der Waals surface area contributed by atoms with Gasteiger partial charge < -0.3 is 19.6 Å². The van der Waals surface area contributed by atoms with Gasteiger partial charge in [-0.05, 0) is 6.42 Å². The molecule has 0 aliphatic carbocycles. The second-order valence-corrected chi connectivity index (χ2v) is 7.12. The standard InChI is InChI=1S/C8H17N2O6PS/c1-3-4-8(10-6-5-9(2)7-10)18(14,15)16-17(11,12)13/h5-6,8H,3-4,7H2,1-2H3,(H2,11,12,13). The summed E-state index contributed by atoms with van der Waals surface area (Å²) >= 11 is 0. The van der Waals surface area contributed by atoms with Crippen molar-refractivity contribution in [2.45, 2.75) is 25.1 Å². The second-order valence-electron chi connectivity index (χ2n) is 4.01. The smallest absolute Gasteiger partial charge is 0.362 e. The zero-order valence-electron chi connectivity index (χ0n) is 10.1. The van der Waals surface area contributed by atoms with Gasteiger partial charge in [-0.25, -0.2) is 4.57 Å². The first-order chi connectivity index (χ1) is 8.15. The molecule has 106 valence electrons. The highest BCUT2D eigenvalue weighted by Crippen LogP contribution is 2.40. The Morgan fingerprint density at radius 1 is 1.44 bits per heavy atom. The predicted octanol–water partition coefficient (Wildman–Crippen LogP) is 0.228. The maximum Gasteiger partial charge on any atom is 0.484 e. The Labute approximate surface area is 106 Å². The lowest BCUT2D eigenvalue weighted by atomic mass is 10.3. The number of hydrogen-bond acceptors (Lipinski definition) is 6. The van der Waals surface area contributed by atoms with Crippen LogP contribution in [0.2, 0.25) is 0 Å². The molecule has 0 aromatic carbocycles. The molecule has 8 nitrogen and oxygen atoms in total. The number of phosphoric acid groups is 1. The van der Waals surface area contributed by atoms with Crippen molar-refractivity contribution >= 4 is 17.9 Å². The average molecular weight is 300 g/mol. The highest BCUT2D eigenvalue weighted by Gasteiger charge is 2.37. The molecule has 18 heavy (non-hydrogen) atoms. The molecule has 1 heterocycles. The van der Waals surface area contributed by atoms with Gasteiger partial charge in [0.15, 0.2) is 5.37 Å². The summed E-state index contributed by atoms with van der Waals surface area (Å²) < 4.78 is 38.3. The van der Waals surface area contributed by atoms with E-state index in [1.165, 1.54) is 4.90 Å². The van der Waals surface area contributed by atoms with E-state index in [0.717, 1.165) is 0 Å². The largest absolute Gasteiger partial charge is 0.484 e. The number of nitrogens with zero attached hydrogens (tertiary/aromatic N) is 2. The first-order valence-corrected chi connectivity index (χ1v) is 8.31. The van der Waals surface area contributed by atoms with Gasteiger partial charge in [0.05, 0.1) is 6.67 Å². The van der Waals surface area contributed by atoms with Gasteiger partial charge in [0.25, 0.3) is 10.1 Å². The molecule has 0 fully saturated rings. The van der Waals surface area contributed by atoms with Crippen LogP contribution in [0.3, 0.4) is 0 Å². The van der Waals surface area contributed by atoms with Crippen molar-refractivity contribution in [1.29, 1.82) is 0 Å². The Morgan fingerprint density at radius 3 is 2.44 bits per heavy atom. The van der Waals surface area contributed by atoms with E-state index in [4.69, 9.17) is 9.79 Å². The summed E-state index contributed by atoms with van der Waals surface area (Å²) in [6, 6.07) is 0. The predicted molar refractivity (Wildman–Crippen MR) is 64.4 cm³/mol. The van der Waals surface area contributed by atoms with E-state index in [9.17, 15) is 13.0 Å². The summed E-state index contributed by atoms with van der Waals surface area (Å²) in [5, 5.41) is -1.10. The molecular formula is C8H17N2O6PS. The van der Waals surface area contributed by atoms with Crippen LogP contribution >= 0.6 is 7.82 Å². The maximum atomic E-state index is 11.8. The molecule has 1 unspecified atom stereocenters. The molecule has 1 aliphatic rings. The molecule has 0 saturated carbocycles.